The number of likely N-dealkylation sites (tertiary alicyclic amines) is 1. The molecule has 1 heterocycles. The van der Waals surface area contributed by atoms with Crippen LogP contribution in [0.3, 0.4) is 0 Å². The highest BCUT2D eigenvalue weighted by Crippen LogP contribution is 2.33. The van der Waals surface area contributed by atoms with Crippen LogP contribution in [0.15, 0.2) is 18.2 Å². The molecule has 1 atom stereocenters. The molecule has 0 aromatic heterocycles. The van der Waals surface area contributed by atoms with Crippen LogP contribution in [0, 0.1) is 15.3 Å². The Morgan fingerprint density at radius 3 is 2.60 bits per heavy atom. The monoisotopic (exact) mass is 401 g/mol. The third kappa shape index (κ3) is 3.62. The molecular weight excluding hydrogens is 389 g/mol. The van der Waals surface area contributed by atoms with E-state index in [1.54, 1.807) is 0 Å². The molecule has 110 valence electrons. The van der Waals surface area contributed by atoms with E-state index in [1.165, 1.54) is 12.1 Å². The van der Waals surface area contributed by atoms with Crippen LogP contribution in [0.1, 0.15) is 23.2 Å². The van der Waals surface area contributed by atoms with Crippen LogP contribution >= 0.6 is 22.6 Å². The number of benzene rings is 1. The Morgan fingerprint density at radius 2 is 2.00 bits per heavy atom. The first-order valence-corrected chi connectivity index (χ1v) is 7.17. The fourth-order valence-electron chi connectivity index (χ4n) is 2.29. The zero-order valence-electron chi connectivity index (χ0n) is 10.4. The summed E-state index contributed by atoms with van der Waals surface area (Å²) in [7, 11) is 0. The molecule has 7 heteroatoms. The van der Waals surface area contributed by atoms with Gasteiger partial charge in [0.25, 0.3) is 5.91 Å². The second-order valence-electron chi connectivity index (χ2n) is 4.79. The van der Waals surface area contributed by atoms with Crippen LogP contribution in [0.4, 0.5) is 17.6 Å². The highest BCUT2D eigenvalue weighted by molar-refractivity contribution is 14.1. The largest absolute Gasteiger partial charge is 0.393 e. The quantitative estimate of drug-likeness (QED) is 0.518. The number of halogens is 5. The van der Waals surface area contributed by atoms with Crippen molar-refractivity contribution in [1.82, 2.24) is 4.90 Å². The van der Waals surface area contributed by atoms with Crippen molar-refractivity contribution < 1.29 is 22.4 Å². The van der Waals surface area contributed by atoms with E-state index in [9.17, 15) is 22.4 Å². The van der Waals surface area contributed by atoms with Gasteiger partial charge in [0.15, 0.2) is 0 Å². The van der Waals surface area contributed by atoms with E-state index >= 15 is 0 Å². The molecule has 2 nitrogen and oxygen atoms in total. The van der Waals surface area contributed by atoms with Gasteiger partial charge in [0.1, 0.15) is 5.82 Å². The molecule has 0 spiro atoms. The predicted molar refractivity (Wildman–Crippen MR) is 73.8 cm³/mol. The molecule has 0 N–H and O–H groups in total. The van der Waals surface area contributed by atoms with Crippen molar-refractivity contribution >= 4 is 28.5 Å². The summed E-state index contributed by atoms with van der Waals surface area (Å²) in [6, 6.07) is 3.79. The number of carbonyl (C=O) groups excluding carboxylic acids is 1. The number of hydrogen-bond acceptors (Lipinski definition) is 1. The average Bonchev–Trinajstić information content (AvgIpc) is 2.36. The van der Waals surface area contributed by atoms with E-state index in [0.29, 0.717) is 9.99 Å². The molecule has 1 unspecified atom stereocenters. The van der Waals surface area contributed by atoms with E-state index in [0.717, 1.165) is 11.0 Å². The maximum Gasteiger partial charge on any atom is 0.393 e. The molecule has 0 radical (unpaired) electrons. The molecule has 1 aliphatic heterocycles. The first-order valence-electron chi connectivity index (χ1n) is 6.09. The third-order valence-corrected chi connectivity index (χ3v) is 3.90. The minimum atomic E-state index is -4.30. The summed E-state index contributed by atoms with van der Waals surface area (Å²) in [6.07, 6.45) is -3.95. The first-order chi connectivity index (χ1) is 9.27. The molecule has 0 aliphatic carbocycles. The topological polar surface area (TPSA) is 20.3 Å². The molecule has 1 aromatic carbocycles. The Bertz CT molecular complexity index is 497. The second kappa shape index (κ2) is 5.87. The van der Waals surface area contributed by atoms with Gasteiger partial charge in [0.05, 0.1) is 5.92 Å². The van der Waals surface area contributed by atoms with Gasteiger partial charge in [-0.05, 0) is 53.6 Å². The van der Waals surface area contributed by atoms with Gasteiger partial charge in [0, 0.05) is 22.2 Å². The summed E-state index contributed by atoms with van der Waals surface area (Å²) in [5.74, 6) is -2.60. The van der Waals surface area contributed by atoms with Gasteiger partial charge in [-0.1, -0.05) is 0 Å². The van der Waals surface area contributed by atoms with Crippen LogP contribution in [-0.2, 0) is 0 Å². The van der Waals surface area contributed by atoms with Crippen molar-refractivity contribution in [2.75, 3.05) is 13.1 Å². The highest BCUT2D eigenvalue weighted by atomic mass is 127. The van der Waals surface area contributed by atoms with Crippen LogP contribution < -0.4 is 0 Å². The Kier molecular flexibility index (Phi) is 4.55. The third-order valence-electron chi connectivity index (χ3n) is 3.28. The molecule has 1 saturated heterocycles. The van der Waals surface area contributed by atoms with Gasteiger partial charge in [0.2, 0.25) is 0 Å². The fraction of sp³-hybridized carbons (Fsp3) is 0.462. The number of piperidine rings is 1. The summed E-state index contributed by atoms with van der Waals surface area (Å²) in [4.78, 5) is 13.3. The lowest BCUT2D eigenvalue weighted by molar-refractivity contribution is -0.184. The molecule has 0 saturated carbocycles. The average molecular weight is 401 g/mol. The summed E-state index contributed by atoms with van der Waals surface area (Å²) in [5, 5.41) is 0. The molecular formula is C13H12F4INO. The zero-order chi connectivity index (χ0) is 14.9. The number of nitrogens with zero attached hydrogens (tertiary/aromatic N) is 1. The number of amides is 1. The van der Waals surface area contributed by atoms with Crippen LogP contribution in [0.2, 0.25) is 0 Å². The van der Waals surface area contributed by atoms with Crippen LogP contribution in [0.5, 0.6) is 0 Å². The summed E-state index contributed by atoms with van der Waals surface area (Å²) in [5.41, 5.74) is 0.0947. The van der Waals surface area contributed by atoms with Crippen molar-refractivity contribution in [2.45, 2.75) is 19.0 Å². The van der Waals surface area contributed by atoms with Gasteiger partial charge in [-0.15, -0.1) is 0 Å². The summed E-state index contributed by atoms with van der Waals surface area (Å²) >= 11 is 1.86. The molecule has 1 amide bonds. The maximum absolute atomic E-state index is 13.3. The molecule has 1 aliphatic rings. The number of carbonyl (C=O) groups is 1. The smallest absolute Gasteiger partial charge is 0.338 e. The van der Waals surface area contributed by atoms with Gasteiger partial charge < -0.3 is 4.90 Å². The fourth-order valence-corrected chi connectivity index (χ4v) is 2.92. The summed E-state index contributed by atoms with van der Waals surface area (Å²) < 4.78 is 51.9. The van der Waals surface area contributed by atoms with E-state index < -0.39 is 23.8 Å². The molecule has 1 fully saturated rings. The van der Waals surface area contributed by atoms with Gasteiger partial charge in [-0.2, -0.15) is 13.2 Å². The maximum atomic E-state index is 13.3. The summed E-state index contributed by atoms with van der Waals surface area (Å²) in [6.45, 7) is -0.0755. The lowest BCUT2D eigenvalue weighted by Crippen LogP contribution is -2.44. The van der Waals surface area contributed by atoms with Crippen molar-refractivity contribution in [3.05, 3.63) is 33.1 Å². The van der Waals surface area contributed by atoms with Crippen molar-refractivity contribution in [1.29, 1.82) is 0 Å². The molecule has 20 heavy (non-hydrogen) atoms. The Morgan fingerprint density at radius 1 is 1.30 bits per heavy atom. The standard InChI is InChI=1S/C13H12F4INO/c14-10-4-8(5-11(18)6-10)12(20)19-3-1-2-9(7-19)13(15,16)17/h4-6,9H,1-3,7H2. The Hall–Kier alpha value is -0.860. The minimum absolute atomic E-state index is 0.0357. The van der Waals surface area contributed by atoms with E-state index in [2.05, 4.69) is 0 Å². The lowest BCUT2D eigenvalue weighted by atomic mass is 9.97. The Balaban J connectivity index is 2.16. The van der Waals surface area contributed by atoms with E-state index in [-0.39, 0.29) is 25.1 Å². The molecule has 1 aromatic rings. The van der Waals surface area contributed by atoms with Gasteiger partial charge >= 0.3 is 6.18 Å². The van der Waals surface area contributed by atoms with Crippen LogP contribution in [-0.4, -0.2) is 30.1 Å². The van der Waals surface area contributed by atoms with Crippen molar-refractivity contribution in [3.63, 3.8) is 0 Å². The van der Waals surface area contributed by atoms with E-state index in [4.69, 9.17) is 0 Å². The zero-order valence-corrected chi connectivity index (χ0v) is 12.5. The predicted octanol–water partition coefficient (Wildman–Crippen LogP) is 3.84. The lowest BCUT2D eigenvalue weighted by Gasteiger charge is -2.33. The van der Waals surface area contributed by atoms with Crippen molar-refractivity contribution in [3.8, 4) is 0 Å². The molecule has 2 rings (SSSR count). The first kappa shape index (κ1) is 15.5. The van der Waals surface area contributed by atoms with Gasteiger partial charge in [-0.3, -0.25) is 4.79 Å². The highest BCUT2D eigenvalue weighted by Gasteiger charge is 2.42. The number of alkyl halides is 3. The normalized spacial score (nSPS) is 20.1. The minimum Gasteiger partial charge on any atom is -0.338 e. The molecule has 0 bridgehead atoms. The van der Waals surface area contributed by atoms with Gasteiger partial charge in [-0.25, -0.2) is 4.39 Å². The van der Waals surface area contributed by atoms with Crippen molar-refractivity contribution in [2.24, 2.45) is 5.92 Å². The van der Waals surface area contributed by atoms with E-state index in [1.807, 2.05) is 22.6 Å². The second-order valence-corrected chi connectivity index (χ2v) is 6.04. The van der Waals surface area contributed by atoms with Crippen LogP contribution in [0.25, 0.3) is 0 Å². The number of rotatable bonds is 1. The SMILES string of the molecule is O=C(c1cc(F)cc(I)c1)N1CCCC(C(F)(F)F)C1. The number of hydrogen-bond donors (Lipinski definition) is 0. The Labute approximate surface area is 127 Å².